The van der Waals surface area contributed by atoms with E-state index in [9.17, 15) is 4.79 Å². The molecule has 0 spiro atoms. The minimum atomic E-state index is -0.263. The van der Waals surface area contributed by atoms with Crippen molar-refractivity contribution in [2.75, 3.05) is 12.8 Å². The van der Waals surface area contributed by atoms with E-state index in [0.717, 1.165) is 15.6 Å². The fraction of sp³-hybridized carbons (Fsp3) is 0.286. The van der Waals surface area contributed by atoms with Gasteiger partial charge in [-0.25, -0.2) is 4.98 Å². The van der Waals surface area contributed by atoms with Crippen LogP contribution in [-0.2, 0) is 18.4 Å². The molecule has 0 amide bonds. The molecule has 0 bridgehead atoms. The Balaban J connectivity index is 2.74. The number of nitrogens with two attached hydrogens (primary N) is 1. The average Bonchev–Trinajstić information content (AvgIpc) is 2.43. The summed E-state index contributed by atoms with van der Waals surface area (Å²) in [5.74, 6) is 0.579. The summed E-state index contributed by atoms with van der Waals surface area (Å²) in [6.45, 7) is 2.18. The van der Waals surface area contributed by atoms with Gasteiger partial charge in [0, 0.05) is 24.2 Å². The van der Waals surface area contributed by atoms with Crippen molar-refractivity contribution in [3.63, 3.8) is 0 Å². The molecular formula is C14H16BrN3O2. The van der Waals surface area contributed by atoms with Crippen LogP contribution in [0.1, 0.15) is 11.3 Å². The Hall–Kier alpha value is -1.66. The SMILES string of the molecule is COCc1nc(-c2cccc(Br)c2C)n(C)c(=O)c1N. The molecule has 2 aromatic rings. The molecule has 6 heteroatoms. The third kappa shape index (κ3) is 2.48. The molecule has 0 aliphatic carbocycles. The number of ether oxygens (including phenoxy) is 1. The molecule has 0 saturated carbocycles. The summed E-state index contributed by atoms with van der Waals surface area (Å²) in [6, 6.07) is 5.78. The van der Waals surface area contributed by atoms with Crippen LogP contribution in [0, 0.1) is 6.92 Å². The van der Waals surface area contributed by atoms with Crippen molar-refractivity contribution in [1.29, 1.82) is 0 Å². The smallest absolute Gasteiger partial charge is 0.277 e. The maximum absolute atomic E-state index is 12.2. The molecule has 1 aromatic heterocycles. The van der Waals surface area contributed by atoms with Crippen molar-refractivity contribution in [2.45, 2.75) is 13.5 Å². The van der Waals surface area contributed by atoms with Gasteiger partial charge in [0.1, 0.15) is 11.5 Å². The molecule has 0 fully saturated rings. The Morgan fingerprint density at radius 1 is 1.45 bits per heavy atom. The second-order valence-electron chi connectivity index (χ2n) is 4.51. The number of nitrogens with zero attached hydrogens (tertiary/aromatic N) is 2. The molecule has 106 valence electrons. The van der Waals surface area contributed by atoms with E-state index in [4.69, 9.17) is 10.5 Å². The third-order valence-corrected chi connectivity index (χ3v) is 4.05. The minimum Gasteiger partial charge on any atom is -0.393 e. The van der Waals surface area contributed by atoms with Crippen LogP contribution in [0.4, 0.5) is 5.69 Å². The summed E-state index contributed by atoms with van der Waals surface area (Å²) in [6.07, 6.45) is 0. The topological polar surface area (TPSA) is 70.1 Å². The van der Waals surface area contributed by atoms with Crippen LogP contribution in [-0.4, -0.2) is 16.7 Å². The molecule has 1 heterocycles. The summed E-state index contributed by atoms with van der Waals surface area (Å²) in [5.41, 5.74) is 8.03. The molecule has 1 aromatic carbocycles. The van der Waals surface area contributed by atoms with Gasteiger partial charge in [-0.3, -0.25) is 9.36 Å². The van der Waals surface area contributed by atoms with Gasteiger partial charge in [0.2, 0.25) is 0 Å². The van der Waals surface area contributed by atoms with Gasteiger partial charge in [0.25, 0.3) is 5.56 Å². The number of hydrogen-bond donors (Lipinski definition) is 1. The zero-order valence-corrected chi connectivity index (χ0v) is 13.2. The van der Waals surface area contributed by atoms with Crippen molar-refractivity contribution >= 4 is 21.6 Å². The number of anilines is 1. The number of halogens is 1. The van der Waals surface area contributed by atoms with Crippen LogP contribution in [0.2, 0.25) is 0 Å². The normalized spacial score (nSPS) is 10.8. The van der Waals surface area contributed by atoms with Gasteiger partial charge < -0.3 is 10.5 Å². The predicted octanol–water partition coefficient (Wildman–Crippen LogP) is 2.25. The van der Waals surface area contributed by atoms with E-state index >= 15 is 0 Å². The van der Waals surface area contributed by atoms with Crippen LogP contribution in [0.15, 0.2) is 27.5 Å². The average molecular weight is 338 g/mol. The highest BCUT2D eigenvalue weighted by Crippen LogP contribution is 2.27. The van der Waals surface area contributed by atoms with Gasteiger partial charge in [-0.2, -0.15) is 0 Å². The first-order valence-electron chi connectivity index (χ1n) is 6.07. The fourth-order valence-electron chi connectivity index (χ4n) is 2.00. The van der Waals surface area contributed by atoms with Crippen LogP contribution in [0.5, 0.6) is 0 Å². The monoisotopic (exact) mass is 337 g/mol. The van der Waals surface area contributed by atoms with E-state index in [1.807, 2.05) is 25.1 Å². The number of methoxy groups -OCH3 is 1. The largest absolute Gasteiger partial charge is 0.393 e. The van der Waals surface area contributed by atoms with Crippen molar-refractivity contribution < 1.29 is 4.74 Å². The van der Waals surface area contributed by atoms with Gasteiger partial charge in [-0.05, 0) is 18.6 Å². The molecule has 0 aliphatic heterocycles. The summed E-state index contributed by atoms with van der Waals surface area (Å²) in [4.78, 5) is 16.7. The summed E-state index contributed by atoms with van der Waals surface area (Å²) < 4.78 is 7.48. The number of nitrogen functional groups attached to an aromatic ring is 1. The highest BCUT2D eigenvalue weighted by atomic mass is 79.9. The van der Waals surface area contributed by atoms with Crippen molar-refractivity contribution in [1.82, 2.24) is 9.55 Å². The quantitative estimate of drug-likeness (QED) is 0.932. The number of hydrogen-bond acceptors (Lipinski definition) is 4. The standard InChI is InChI=1S/C14H16BrN3O2/c1-8-9(5-4-6-10(8)15)13-17-11(7-20-3)12(16)14(19)18(13)2/h4-6H,7,16H2,1-3H3. The Bertz CT molecular complexity index is 710. The third-order valence-electron chi connectivity index (χ3n) is 3.19. The van der Waals surface area contributed by atoms with E-state index in [0.29, 0.717) is 11.5 Å². The van der Waals surface area contributed by atoms with E-state index in [1.54, 1.807) is 14.2 Å². The highest BCUT2D eigenvalue weighted by Gasteiger charge is 2.15. The lowest BCUT2D eigenvalue weighted by atomic mass is 10.1. The van der Waals surface area contributed by atoms with Gasteiger partial charge in [-0.15, -0.1) is 0 Å². The lowest BCUT2D eigenvalue weighted by Crippen LogP contribution is -2.25. The van der Waals surface area contributed by atoms with E-state index in [-0.39, 0.29) is 17.9 Å². The number of benzene rings is 1. The summed E-state index contributed by atoms with van der Waals surface area (Å²) in [7, 11) is 3.21. The highest BCUT2D eigenvalue weighted by molar-refractivity contribution is 9.10. The second kappa shape index (κ2) is 5.76. The first kappa shape index (κ1) is 14.7. The zero-order chi connectivity index (χ0) is 14.9. The molecule has 0 unspecified atom stereocenters. The number of aromatic nitrogens is 2. The van der Waals surface area contributed by atoms with Crippen LogP contribution >= 0.6 is 15.9 Å². The Labute approximate surface area is 125 Å². The second-order valence-corrected chi connectivity index (χ2v) is 5.36. The minimum absolute atomic E-state index is 0.130. The van der Waals surface area contributed by atoms with E-state index in [1.165, 1.54) is 4.57 Å². The summed E-state index contributed by atoms with van der Waals surface area (Å²) in [5, 5.41) is 0. The molecular weight excluding hydrogens is 322 g/mol. The van der Waals surface area contributed by atoms with Crippen molar-refractivity contribution in [2.24, 2.45) is 7.05 Å². The molecule has 0 radical (unpaired) electrons. The molecule has 5 nitrogen and oxygen atoms in total. The molecule has 0 saturated heterocycles. The molecule has 20 heavy (non-hydrogen) atoms. The molecule has 0 atom stereocenters. The molecule has 2 rings (SSSR count). The predicted molar refractivity (Wildman–Crippen MR) is 82.5 cm³/mol. The first-order chi connectivity index (χ1) is 9.47. The van der Waals surface area contributed by atoms with E-state index in [2.05, 4.69) is 20.9 Å². The van der Waals surface area contributed by atoms with Gasteiger partial charge in [-0.1, -0.05) is 28.1 Å². The summed E-state index contributed by atoms with van der Waals surface area (Å²) >= 11 is 3.49. The molecule has 2 N–H and O–H groups in total. The lowest BCUT2D eigenvalue weighted by molar-refractivity contribution is 0.182. The Morgan fingerprint density at radius 2 is 2.15 bits per heavy atom. The van der Waals surface area contributed by atoms with Crippen molar-refractivity contribution in [3.05, 3.63) is 44.3 Å². The van der Waals surface area contributed by atoms with Crippen LogP contribution < -0.4 is 11.3 Å². The van der Waals surface area contributed by atoms with Gasteiger partial charge in [0.05, 0.1) is 12.3 Å². The maximum Gasteiger partial charge on any atom is 0.277 e. The van der Waals surface area contributed by atoms with Crippen LogP contribution in [0.25, 0.3) is 11.4 Å². The first-order valence-corrected chi connectivity index (χ1v) is 6.86. The fourth-order valence-corrected chi connectivity index (χ4v) is 2.37. The van der Waals surface area contributed by atoms with Crippen molar-refractivity contribution in [3.8, 4) is 11.4 Å². The van der Waals surface area contributed by atoms with Gasteiger partial charge >= 0.3 is 0 Å². The van der Waals surface area contributed by atoms with Gasteiger partial charge in [0.15, 0.2) is 0 Å². The Kier molecular flexibility index (Phi) is 4.25. The maximum atomic E-state index is 12.2. The molecule has 0 aliphatic rings. The Morgan fingerprint density at radius 3 is 2.80 bits per heavy atom. The number of rotatable bonds is 3. The van der Waals surface area contributed by atoms with E-state index < -0.39 is 0 Å². The zero-order valence-electron chi connectivity index (χ0n) is 11.6. The van der Waals surface area contributed by atoms with Crippen LogP contribution in [0.3, 0.4) is 0 Å². The lowest BCUT2D eigenvalue weighted by Gasteiger charge is -2.14.